The Kier molecular flexibility index (Phi) is 6.09. The van der Waals surface area contributed by atoms with Crippen LogP contribution in [-0.2, 0) is 9.53 Å². The molecule has 0 amide bonds. The summed E-state index contributed by atoms with van der Waals surface area (Å²) in [5.41, 5.74) is 0.384. The molecule has 1 atom stereocenters. The van der Waals surface area contributed by atoms with Gasteiger partial charge in [0.2, 0.25) is 0 Å². The SMILES string of the molecule is COC(=O)/C(=C/C1CC1(C)C)SC.O=C(O)O. The van der Waals surface area contributed by atoms with Crippen LogP contribution >= 0.6 is 11.8 Å². The van der Waals surface area contributed by atoms with E-state index in [0.717, 1.165) is 4.91 Å². The summed E-state index contributed by atoms with van der Waals surface area (Å²) in [5.74, 6) is 0.337. The molecule has 0 aromatic carbocycles. The number of carbonyl (C=O) groups excluding carboxylic acids is 1. The summed E-state index contributed by atoms with van der Waals surface area (Å²) in [6.45, 7) is 4.42. The van der Waals surface area contributed by atoms with Crippen molar-refractivity contribution in [1.82, 2.24) is 0 Å². The molecule has 1 saturated carbocycles. The van der Waals surface area contributed by atoms with Crippen molar-refractivity contribution in [3.05, 3.63) is 11.0 Å². The van der Waals surface area contributed by atoms with Gasteiger partial charge in [-0.1, -0.05) is 19.9 Å². The molecule has 0 aliphatic heterocycles. The molecule has 1 fully saturated rings. The number of carbonyl (C=O) groups is 2. The number of carboxylic acid groups (broad SMARTS) is 2. The lowest BCUT2D eigenvalue weighted by atomic mass is 10.1. The molecule has 1 rings (SSSR count). The average Bonchev–Trinajstić information content (AvgIpc) is 2.80. The fourth-order valence-electron chi connectivity index (χ4n) is 1.30. The second kappa shape index (κ2) is 6.54. The largest absolute Gasteiger partial charge is 0.503 e. The molecule has 0 bridgehead atoms. The maximum atomic E-state index is 11.2. The number of thioether (sulfide) groups is 1. The van der Waals surface area contributed by atoms with Crippen molar-refractivity contribution in [2.45, 2.75) is 20.3 Å². The highest BCUT2D eigenvalue weighted by atomic mass is 32.2. The second-order valence-corrected chi connectivity index (χ2v) is 5.16. The molecule has 6 heteroatoms. The van der Waals surface area contributed by atoms with Crippen molar-refractivity contribution in [2.75, 3.05) is 13.4 Å². The van der Waals surface area contributed by atoms with Gasteiger partial charge in [-0.25, -0.2) is 9.59 Å². The van der Waals surface area contributed by atoms with E-state index in [9.17, 15) is 4.79 Å². The first kappa shape index (κ1) is 15.8. The molecule has 0 spiro atoms. The number of esters is 1. The number of ether oxygens (including phenoxy) is 1. The van der Waals surface area contributed by atoms with Gasteiger partial charge in [-0.15, -0.1) is 11.8 Å². The van der Waals surface area contributed by atoms with Crippen molar-refractivity contribution in [2.24, 2.45) is 11.3 Å². The molecule has 1 aliphatic rings. The Morgan fingerprint density at radius 3 is 2.06 bits per heavy atom. The quantitative estimate of drug-likeness (QED) is 0.601. The van der Waals surface area contributed by atoms with Crippen molar-refractivity contribution in [3.8, 4) is 0 Å². The molecule has 1 unspecified atom stereocenters. The summed E-state index contributed by atoms with van der Waals surface area (Å²) < 4.78 is 4.67. The van der Waals surface area contributed by atoms with Crippen LogP contribution in [-0.4, -0.2) is 35.7 Å². The number of rotatable bonds is 3. The van der Waals surface area contributed by atoms with E-state index in [1.807, 2.05) is 12.3 Å². The van der Waals surface area contributed by atoms with E-state index >= 15 is 0 Å². The molecule has 0 radical (unpaired) electrons. The minimum absolute atomic E-state index is 0.213. The van der Waals surface area contributed by atoms with Crippen LogP contribution in [0.5, 0.6) is 0 Å². The smallest absolute Gasteiger partial charge is 0.465 e. The molecule has 98 valence electrons. The first-order valence-electron chi connectivity index (χ1n) is 5.00. The second-order valence-electron chi connectivity index (χ2n) is 4.31. The van der Waals surface area contributed by atoms with Gasteiger partial charge < -0.3 is 14.9 Å². The monoisotopic (exact) mass is 262 g/mol. The number of hydrogen-bond acceptors (Lipinski definition) is 4. The lowest BCUT2D eigenvalue weighted by Crippen LogP contribution is -2.02. The van der Waals surface area contributed by atoms with E-state index in [1.165, 1.54) is 25.3 Å². The van der Waals surface area contributed by atoms with Crippen LogP contribution in [0.3, 0.4) is 0 Å². The molecule has 17 heavy (non-hydrogen) atoms. The molecule has 1 aliphatic carbocycles. The maximum absolute atomic E-state index is 11.2. The van der Waals surface area contributed by atoms with Crippen LogP contribution in [0, 0.1) is 11.3 Å². The van der Waals surface area contributed by atoms with Gasteiger partial charge in [-0.05, 0) is 24.0 Å². The van der Waals surface area contributed by atoms with Crippen LogP contribution in [0.4, 0.5) is 4.79 Å². The predicted molar refractivity (Wildman–Crippen MR) is 66.2 cm³/mol. The lowest BCUT2D eigenvalue weighted by Gasteiger charge is -2.02. The molecule has 0 aromatic rings. The van der Waals surface area contributed by atoms with Gasteiger partial charge >= 0.3 is 12.1 Å². The fraction of sp³-hybridized carbons (Fsp3) is 0.636. The van der Waals surface area contributed by atoms with E-state index in [1.54, 1.807) is 0 Å². The van der Waals surface area contributed by atoms with Crippen LogP contribution in [0.2, 0.25) is 0 Å². The minimum atomic E-state index is -1.83. The zero-order valence-corrected chi connectivity index (χ0v) is 11.2. The average molecular weight is 262 g/mol. The third-order valence-electron chi connectivity index (χ3n) is 2.55. The molecular formula is C11H18O5S. The van der Waals surface area contributed by atoms with Crippen molar-refractivity contribution < 1.29 is 24.5 Å². The van der Waals surface area contributed by atoms with Gasteiger partial charge in [0.05, 0.1) is 12.0 Å². The first-order chi connectivity index (χ1) is 7.74. The Balaban J connectivity index is 0.000000557. The van der Waals surface area contributed by atoms with Crippen LogP contribution in [0.25, 0.3) is 0 Å². The molecule has 0 aromatic heterocycles. The summed E-state index contributed by atoms with van der Waals surface area (Å²) in [6, 6.07) is 0. The zero-order valence-electron chi connectivity index (χ0n) is 10.4. The number of allylic oxidation sites excluding steroid dienone is 1. The third-order valence-corrected chi connectivity index (χ3v) is 3.29. The zero-order chi connectivity index (χ0) is 13.6. The lowest BCUT2D eigenvalue weighted by molar-refractivity contribution is -0.135. The van der Waals surface area contributed by atoms with Gasteiger partial charge in [-0.2, -0.15) is 0 Å². The highest BCUT2D eigenvalue weighted by molar-refractivity contribution is 8.03. The van der Waals surface area contributed by atoms with Crippen LogP contribution in [0.15, 0.2) is 11.0 Å². The summed E-state index contributed by atoms with van der Waals surface area (Å²) in [5, 5.41) is 13.9. The Morgan fingerprint density at radius 1 is 1.41 bits per heavy atom. The third kappa shape index (κ3) is 6.21. The van der Waals surface area contributed by atoms with Crippen molar-refractivity contribution in [3.63, 3.8) is 0 Å². The Labute approximate surface area is 105 Å². The summed E-state index contributed by atoms with van der Waals surface area (Å²) in [6.07, 6.45) is 3.28. The van der Waals surface area contributed by atoms with Crippen molar-refractivity contribution >= 4 is 23.9 Å². The Morgan fingerprint density at radius 2 is 1.82 bits per heavy atom. The first-order valence-corrected chi connectivity index (χ1v) is 6.23. The highest BCUT2D eigenvalue weighted by Gasteiger charge is 2.44. The predicted octanol–water partition coefficient (Wildman–Crippen LogP) is 2.67. The Bertz CT molecular complexity index is 318. The van der Waals surface area contributed by atoms with E-state index < -0.39 is 6.16 Å². The Hall–Kier alpha value is -1.17. The minimum Gasteiger partial charge on any atom is -0.465 e. The van der Waals surface area contributed by atoms with Gasteiger partial charge in [0.15, 0.2) is 0 Å². The normalized spacial score (nSPS) is 20.9. The van der Waals surface area contributed by atoms with E-state index in [4.69, 9.17) is 15.0 Å². The fourth-order valence-corrected chi connectivity index (χ4v) is 1.85. The van der Waals surface area contributed by atoms with Gasteiger partial charge in [-0.3, -0.25) is 0 Å². The molecule has 0 heterocycles. The standard InChI is InChI=1S/C10H16O2S.CH2O3/c1-10(2)6-7(10)5-8(13-4)9(11)12-3;2-1(3)4/h5,7H,6H2,1-4H3;(H2,2,3,4)/b8-5-;. The van der Waals surface area contributed by atoms with Gasteiger partial charge in [0, 0.05) is 0 Å². The highest BCUT2D eigenvalue weighted by Crippen LogP contribution is 2.53. The summed E-state index contributed by atoms with van der Waals surface area (Å²) in [7, 11) is 1.42. The summed E-state index contributed by atoms with van der Waals surface area (Å²) in [4.78, 5) is 20.5. The topological polar surface area (TPSA) is 83.8 Å². The number of hydrogen-bond donors (Lipinski definition) is 2. The van der Waals surface area contributed by atoms with Crippen molar-refractivity contribution in [1.29, 1.82) is 0 Å². The van der Waals surface area contributed by atoms with E-state index in [0.29, 0.717) is 11.3 Å². The van der Waals surface area contributed by atoms with Gasteiger partial charge in [0.25, 0.3) is 0 Å². The van der Waals surface area contributed by atoms with Crippen LogP contribution < -0.4 is 0 Å². The van der Waals surface area contributed by atoms with E-state index in [2.05, 4.69) is 18.6 Å². The number of methoxy groups -OCH3 is 1. The van der Waals surface area contributed by atoms with Crippen LogP contribution in [0.1, 0.15) is 20.3 Å². The maximum Gasteiger partial charge on any atom is 0.503 e. The van der Waals surface area contributed by atoms with Gasteiger partial charge in [0.1, 0.15) is 0 Å². The molecule has 0 saturated heterocycles. The van der Waals surface area contributed by atoms with E-state index in [-0.39, 0.29) is 5.97 Å². The molecular weight excluding hydrogens is 244 g/mol. The molecule has 2 N–H and O–H groups in total. The summed E-state index contributed by atoms with van der Waals surface area (Å²) >= 11 is 1.46. The molecule has 5 nitrogen and oxygen atoms in total.